The fraction of sp³-hybridized carbons (Fsp3) is 0.538. The maximum atomic E-state index is 5.78. The molecule has 1 aromatic carbocycles. The van der Waals surface area contributed by atoms with Crippen LogP contribution in [0, 0.1) is 9.49 Å². The number of benzene rings is 1. The summed E-state index contributed by atoms with van der Waals surface area (Å²) in [5.74, 6) is 0.910. The van der Waals surface area contributed by atoms with E-state index >= 15 is 0 Å². The van der Waals surface area contributed by atoms with E-state index in [1.807, 2.05) is 6.07 Å². The molecule has 3 heteroatoms. The number of halogens is 1. The Hall–Kier alpha value is -0.450. The SMILES string of the molecule is CCN(CC1CCC1)c1ccc(N)cc1I. The molecular weight excluding hydrogens is 311 g/mol. The van der Waals surface area contributed by atoms with Crippen LogP contribution in [0.1, 0.15) is 26.2 Å². The predicted octanol–water partition coefficient (Wildman–Crippen LogP) is 3.50. The zero-order valence-corrected chi connectivity index (χ0v) is 11.9. The van der Waals surface area contributed by atoms with Crippen molar-refractivity contribution < 1.29 is 0 Å². The van der Waals surface area contributed by atoms with Crippen molar-refractivity contribution in [2.75, 3.05) is 23.7 Å². The van der Waals surface area contributed by atoms with E-state index < -0.39 is 0 Å². The third-order valence-corrected chi connectivity index (χ3v) is 4.26. The topological polar surface area (TPSA) is 29.3 Å². The van der Waals surface area contributed by atoms with Gasteiger partial charge in [-0.3, -0.25) is 0 Å². The highest BCUT2D eigenvalue weighted by Gasteiger charge is 2.21. The minimum Gasteiger partial charge on any atom is -0.399 e. The molecule has 1 aliphatic carbocycles. The van der Waals surface area contributed by atoms with Gasteiger partial charge in [0.25, 0.3) is 0 Å². The highest BCUT2D eigenvalue weighted by Crippen LogP contribution is 2.31. The van der Waals surface area contributed by atoms with Crippen molar-refractivity contribution >= 4 is 34.0 Å². The van der Waals surface area contributed by atoms with Gasteiger partial charge in [-0.25, -0.2) is 0 Å². The van der Waals surface area contributed by atoms with Gasteiger partial charge >= 0.3 is 0 Å². The number of anilines is 2. The van der Waals surface area contributed by atoms with Gasteiger partial charge in [0, 0.05) is 22.3 Å². The standard InChI is InChI=1S/C13H19IN2/c1-2-16(9-10-4-3-5-10)13-7-6-11(15)8-12(13)14/h6-8,10H,2-5,9,15H2,1H3. The summed E-state index contributed by atoms with van der Waals surface area (Å²) in [6, 6.07) is 6.21. The average Bonchev–Trinajstić information content (AvgIpc) is 2.18. The third-order valence-electron chi connectivity index (χ3n) is 3.40. The predicted molar refractivity (Wildman–Crippen MR) is 78.8 cm³/mol. The second-order valence-corrected chi connectivity index (χ2v) is 5.71. The summed E-state index contributed by atoms with van der Waals surface area (Å²) >= 11 is 2.38. The highest BCUT2D eigenvalue weighted by atomic mass is 127. The van der Waals surface area contributed by atoms with Gasteiger partial charge in [-0.05, 0) is 66.5 Å². The molecule has 1 fully saturated rings. The van der Waals surface area contributed by atoms with Gasteiger partial charge in [0.15, 0.2) is 0 Å². The molecular formula is C13H19IN2. The first-order chi connectivity index (χ1) is 7.70. The van der Waals surface area contributed by atoms with Crippen LogP contribution in [0.3, 0.4) is 0 Å². The lowest BCUT2D eigenvalue weighted by molar-refractivity contribution is 0.318. The molecule has 1 aliphatic rings. The number of nitrogens with zero attached hydrogens (tertiary/aromatic N) is 1. The highest BCUT2D eigenvalue weighted by molar-refractivity contribution is 14.1. The van der Waals surface area contributed by atoms with Gasteiger partial charge in [0.2, 0.25) is 0 Å². The summed E-state index contributed by atoms with van der Waals surface area (Å²) in [5, 5.41) is 0. The van der Waals surface area contributed by atoms with Crippen molar-refractivity contribution in [2.24, 2.45) is 5.92 Å². The molecule has 0 aliphatic heterocycles. The van der Waals surface area contributed by atoms with E-state index in [1.54, 1.807) is 0 Å². The zero-order valence-electron chi connectivity index (χ0n) is 9.75. The molecule has 16 heavy (non-hydrogen) atoms. The Morgan fingerprint density at radius 1 is 1.44 bits per heavy atom. The van der Waals surface area contributed by atoms with Crippen LogP contribution in [0.5, 0.6) is 0 Å². The van der Waals surface area contributed by atoms with Crippen LogP contribution in [0.15, 0.2) is 18.2 Å². The summed E-state index contributed by atoms with van der Waals surface area (Å²) in [5.41, 5.74) is 7.98. The number of rotatable bonds is 4. The Morgan fingerprint density at radius 2 is 2.19 bits per heavy atom. The Kier molecular flexibility index (Phi) is 3.95. The summed E-state index contributed by atoms with van der Waals surface area (Å²) < 4.78 is 1.26. The molecule has 1 aromatic rings. The largest absolute Gasteiger partial charge is 0.399 e. The molecule has 0 radical (unpaired) electrons. The number of hydrogen-bond donors (Lipinski definition) is 1. The molecule has 2 rings (SSSR count). The van der Waals surface area contributed by atoms with Gasteiger partial charge in [-0.2, -0.15) is 0 Å². The lowest BCUT2D eigenvalue weighted by Gasteiger charge is -2.33. The van der Waals surface area contributed by atoms with Gasteiger partial charge in [0.1, 0.15) is 0 Å². The maximum Gasteiger partial charge on any atom is 0.0503 e. The normalized spacial score (nSPS) is 15.9. The summed E-state index contributed by atoms with van der Waals surface area (Å²) in [7, 11) is 0. The van der Waals surface area contributed by atoms with Crippen molar-refractivity contribution in [2.45, 2.75) is 26.2 Å². The van der Waals surface area contributed by atoms with Gasteiger partial charge in [-0.1, -0.05) is 6.42 Å². The third kappa shape index (κ3) is 2.62. The van der Waals surface area contributed by atoms with E-state index in [9.17, 15) is 0 Å². The molecule has 0 unspecified atom stereocenters. The molecule has 88 valence electrons. The first-order valence-electron chi connectivity index (χ1n) is 6.00. The van der Waals surface area contributed by atoms with Crippen LogP contribution in [0.4, 0.5) is 11.4 Å². The zero-order chi connectivity index (χ0) is 11.5. The lowest BCUT2D eigenvalue weighted by atomic mass is 9.85. The molecule has 2 N–H and O–H groups in total. The van der Waals surface area contributed by atoms with E-state index in [1.165, 1.54) is 35.1 Å². The van der Waals surface area contributed by atoms with Gasteiger partial charge in [-0.15, -0.1) is 0 Å². The quantitative estimate of drug-likeness (QED) is 0.676. The molecule has 0 heterocycles. The van der Waals surface area contributed by atoms with Crippen LogP contribution < -0.4 is 10.6 Å². The Labute approximate surface area is 111 Å². The first kappa shape index (κ1) is 12.0. The van der Waals surface area contributed by atoms with E-state index in [-0.39, 0.29) is 0 Å². The maximum absolute atomic E-state index is 5.78. The molecule has 0 aromatic heterocycles. The summed E-state index contributed by atoms with van der Waals surface area (Å²) in [4.78, 5) is 2.48. The Bertz CT molecular complexity index is 361. The molecule has 0 bridgehead atoms. The van der Waals surface area contributed by atoms with Crippen molar-refractivity contribution in [3.05, 3.63) is 21.8 Å². The summed E-state index contributed by atoms with van der Waals surface area (Å²) in [6.07, 6.45) is 4.23. The first-order valence-corrected chi connectivity index (χ1v) is 7.08. The van der Waals surface area contributed by atoms with E-state index in [4.69, 9.17) is 5.73 Å². The average molecular weight is 330 g/mol. The fourth-order valence-electron chi connectivity index (χ4n) is 2.16. The number of nitrogens with two attached hydrogens (primary N) is 1. The van der Waals surface area contributed by atoms with Crippen molar-refractivity contribution in [1.82, 2.24) is 0 Å². The smallest absolute Gasteiger partial charge is 0.0503 e. The second-order valence-electron chi connectivity index (χ2n) is 4.55. The molecule has 1 saturated carbocycles. The van der Waals surface area contributed by atoms with E-state index in [2.05, 4.69) is 46.5 Å². The van der Waals surface area contributed by atoms with E-state index in [0.29, 0.717) is 0 Å². The van der Waals surface area contributed by atoms with Crippen LogP contribution in [-0.2, 0) is 0 Å². The van der Waals surface area contributed by atoms with Crippen molar-refractivity contribution in [3.63, 3.8) is 0 Å². The second kappa shape index (κ2) is 5.25. The molecule has 0 saturated heterocycles. The Morgan fingerprint density at radius 3 is 2.69 bits per heavy atom. The van der Waals surface area contributed by atoms with Gasteiger partial charge < -0.3 is 10.6 Å². The Balaban J connectivity index is 2.11. The molecule has 0 spiro atoms. The number of nitrogen functional groups attached to an aromatic ring is 1. The van der Waals surface area contributed by atoms with E-state index in [0.717, 1.165) is 18.2 Å². The van der Waals surface area contributed by atoms with Crippen LogP contribution in [-0.4, -0.2) is 13.1 Å². The number of hydrogen-bond acceptors (Lipinski definition) is 2. The fourth-order valence-corrected chi connectivity index (χ4v) is 3.04. The summed E-state index contributed by atoms with van der Waals surface area (Å²) in [6.45, 7) is 4.51. The van der Waals surface area contributed by atoms with Crippen LogP contribution in [0.25, 0.3) is 0 Å². The lowest BCUT2D eigenvalue weighted by Crippen LogP contribution is -2.32. The molecule has 0 atom stereocenters. The minimum atomic E-state index is 0.854. The van der Waals surface area contributed by atoms with Crippen molar-refractivity contribution in [1.29, 1.82) is 0 Å². The van der Waals surface area contributed by atoms with Gasteiger partial charge in [0.05, 0.1) is 5.69 Å². The van der Waals surface area contributed by atoms with Crippen LogP contribution in [0.2, 0.25) is 0 Å². The van der Waals surface area contributed by atoms with Crippen LogP contribution >= 0.6 is 22.6 Å². The van der Waals surface area contributed by atoms with Crippen molar-refractivity contribution in [3.8, 4) is 0 Å². The monoisotopic (exact) mass is 330 g/mol. The molecule has 2 nitrogen and oxygen atoms in total. The minimum absolute atomic E-state index is 0.854. The molecule has 0 amide bonds.